The molecule has 0 bridgehead atoms. The van der Waals surface area contributed by atoms with Crippen molar-refractivity contribution >= 4 is 39.1 Å². The Morgan fingerprint density at radius 2 is 1.73 bits per heavy atom. The summed E-state index contributed by atoms with van der Waals surface area (Å²) in [6.45, 7) is 0. The summed E-state index contributed by atoms with van der Waals surface area (Å²) in [5.74, 6) is -0.965. The first-order chi connectivity index (χ1) is 14.4. The number of nitrogens with one attached hydrogen (secondary N) is 2. The number of fused-ring (bicyclic) bond motifs is 1. The van der Waals surface area contributed by atoms with Crippen LogP contribution in [0, 0.1) is 0 Å². The van der Waals surface area contributed by atoms with E-state index >= 15 is 0 Å². The van der Waals surface area contributed by atoms with Crippen molar-refractivity contribution in [2.24, 2.45) is 0 Å². The quantitative estimate of drug-likeness (QED) is 0.615. The van der Waals surface area contributed by atoms with Crippen LogP contribution >= 0.6 is 0 Å². The molecule has 2 heterocycles. The van der Waals surface area contributed by atoms with Crippen LogP contribution in [-0.4, -0.2) is 32.3 Å². The second-order valence-electron chi connectivity index (χ2n) is 6.29. The summed E-state index contributed by atoms with van der Waals surface area (Å²) < 4.78 is 34.4. The molecule has 0 spiro atoms. The SMILES string of the molecule is COc1cc(NC(=O)C(=O)Nc2ccc3c(c2)S(=O)(=O)C=C3)ccc1-c1cnco1. The van der Waals surface area contributed by atoms with Crippen LogP contribution in [-0.2, 0) is 19.4 Å². The molecule has 0 saturated heterocycles. The van der Waals surface area contributed by atoms with E-state index in [1.54, 1.807) is 18.2 Å². The lowest BCUT2D eigenvalue weighted by Crippen LogP contribution is -2.29. The number of amides is 2. The molecular weight excluding hydrogens is 410 g/mol. The van der Waals surface area contributed by atoms with Crippen molar-refractivity contribution in [2.75, 3.05) is 17.7 Å². The van der Waals surface area contributed by atoms with Gasteiger partial charge in [-0.2, -0.15) is 0 Å². The molecule has 0 fully saturated rings. The minimum atomic E-state index is -3.52. The smallest absolute Gasteiger partial charge is 0.314 e. The Kier molecular flexibility index (Phi) is 4.84. The number of oxazole rings is 1. The summed E-state index contributed by atoms with van der Waals surface area (Å²) in [5, 5.41) is 5.95. The minimum absolute atomic E-state index is 0.0773. The zero-order valence-corrected chi connectivity index (χ0v) is 16.4. The average Bonchev–Trinajstić information content (AvgIpc) is 3.36. The van der Waals surface area contributed by atoms with Crippen LogP contribution in [0.5, 0.6) is 5.75 Å². The Hall–Kier alpha value is -3.92. The van der Waals surface area contributed by atoms with Gasteiger partial charge in [-0.3, -0.25) is 9.59 Å². The molecular formula is C20H15N3O6S. The molecule has 0 saturated carbocycles. The Balaban J connectivity index is 1.48. The fourth-order valence-electron chi connectivity index (χ4n) is 2.93. The summed E-state index contributed by atoms with van der Waals surface area (Å²) in [7, 11) is -2.06. The number of sulfone groups is 1. The van der Waals surface area contributed by atoms with E-state index in [1.807, 2.05) is 0 Å². The highest BCUT2D eigenvalue weighted by molar-refractivity contribution is 7.94. The van der Waals surface area contributed by atoms with Gasteiger partial charge < -0.3 is 19.8 Å². The summed E-state index contributed by atoms with van der Waals surface area (Å²) in [5.41, 5.74) is 1.68. The summed E-state index contributed by atoms with van der Waals surface area (Å²) in [4.78, 5) is 28.4. The number of benzene rings is 2. The van der Waals surface area contributed by atoms with E-state index in [1.165, 1.54) is 44.0 Å². The molecule has 3 aromatic rings. The number of hydrogen-bond donors (Lipinski definition) is 2. The first-order valence-electron chi connectivity index (χ1n) is 8.64. The number of hydrogen-bond acceptors (Lipinski definition) is 7. The van der Waals surface area contributed by atoms with E-state index in [0.717, 1.165) is 5.41 Å². The molecule has 0 radical (unpaired) electrons. The van der Waals surface area contributed by atoms with Gasteiger partial charge in [0.15, 0.2) is 12.2 Å². The number of ether oxygens (including phenoxy) is 1. The lowest BCUT2D eigenvalue weighted by Gasteiger charge is -2.11. The standard InChI is InChI=1S/C20H15N3O6S/c1-28-16-8-13(4-5-15(16)17-10-21-11-29-17)22-19(24)20(25)23-14-3-2-12-6-7-30(26,27)18(12)9-14/h2-11H,1H3,(H,22,24)(H,23,25). The predicted molar refractivity (Wildman–Crippen MR) is 108 cm³/mol. The Morgan fingerprint density at radius 1 is 1.03 bits per heavy atom. The fourth-order valence-corrected chi connectivity index (χ4v) is 4.16. The molecule has 0 aliphatic carbocycles. The number of methoxy groups -OCH3 is 1. The number of carbonyl (C=O) groups excluding carboxylic acids is 2. The Morgan fingerprint density at radius 3 is 2.40 bits per heavy atom. The highest BCUT2D eigenvalue weighted by atomic mass is 32.2. The van der Waals surface area contributed by atoms with Crippen LogP contribution in [0.3, 0.4) is 0 Å². The predicted octanol–water partition coefficient (Wildman–Crippen LogP) is 2.69. The largest absolute Gasteiger partial charge is 0.496 e. The van der Waals surface area contributed by atoms with Crippen molar-refractivity contribution in [3.05, 3.63) is 60.0 Å². The van der Waals surface area contributed by atoms with Crippen molar-refractivity contribution in [3.63, 3.8) is 0 Å². The lowest BCUT2D eigenvalue weighted by atomic mass is 10.1. The fraction of sp³-hybridized carbons (Fsp3) is 0.0500. The zero-order chi connectivity index (χ0) is 21.3. The maximum absolute atomic E-state index is 12.3. The number of rotatable bonds is 4. The number of anilines is 2. The lowest BCUT2D eigenvalue weighted by molar-refractivity contribution is -0.133. The number of carbonyl (C=O) groups is 2. The molecule has 30 heavy (non-hydrogen) atoms. The molecule has 10 heteroatoms. The van der Waals surface area contributed by atoms with Gasteiger partial charge in [0.05, 0.1) is 23.8 Å². The molecule has 4 rings (SSSR count). The van der Waals surface area contributed by atoms with Crippen LogP contribution in [0.4, 0.5) is 11.4 Å². The third-order valence-electron chi connectivity index (χ3n) is 4.37. The maximum atomic E-state index is 12.3. The maximum Gasteiger partial charge on any atom is 0.314 e. The van der Waals surface area contributed by atoms with Crippen LogP contribution in [0.2, 0.25) is 0 Å². The third-order valence-corrected chi connectivity index (χ3v) is 5.83. The van der Waals surface area contributed by atoms with Crippen LogP contribution in [0.15, 0.2) is 63.7 Å². The van der Waals surface area contributed by atoms with E-state index in [2.05, 4.69) is 15.6 Å². The molecule has 0 unspecified atom stereocenters. The van der Waals surface area contributed by atoms with Gasteiger partial charge in [0.2, 0.25) is 9.84 Å². The van der Waals surface area contributed by atoms with Crippen molar-refractivity contribution in [2.45, 2.75) is 4.90 Å². The second kappa shape index (κ2) is 7.48. The molecule has 152 valence electrons. The highest BCUT2D eigenvalue weighted by Crippen LogP contribution is 2.32. The van der Waals surface area contributed by atoms with Crippen LogP contribution in [0.1, 0.15) is 5.56 Å². The molecule has 1 aromatic heterocycles. The highest BCUT2D eigenvalue weighted by Gasteiger charge is 2.22. The number of aromatic nitrogens is 1. The van der Waals surface area contributed by atoms with Gasteiger partial charge in [-0.05, 0) is 35.9 Å². The monoisotopic (exact) mass is 425 g/mol. The summed E-state index contributed by atoms with van der Waals surface area (Å²) >= 11 is 0. The van der Waals surface area contributed by atoms with Crippen molar-refractivity contribution in [1.82, 2.24) is 4.98 Å². The van der Waals surface area contributed by atoms with Gasteiger partial charge in [-0.1, -0.05) is 6.07 Å². The normalized spacial score (nSPS) is 13.5. The number of nitrogens with zero attached hydrogens (tertiary/aromatic N) is 1. The second-order valence-corrected chi connectivity index (χ2v) is 8.09. The van der Waals surface area contributed by atoms with E-state index < -0.39 is 21.7 Å². The van der Waals surface area contributed by atoms with Gasteiger partial charge in [-0.25, -0.2) is 13.4 Å². The van der Waals surface area contributed by atoms with E-state index in [0.29, 0.717) is 28.3 Å². The average molecular weight is 425 g/mol. The van der Waals surface area contributed by atoms with Gasteiger partial charge in [-0.15, -0.1) is 0 Å². The molecule has 2 N–H and O–H groups in total. The van der Waals surface area contributed by atoms with Gasteiger partial charge in [0.25, 0.3) is 0 Å². The van der Waals surface area contributed by atoms with E-state index in [-0.39, 0.29) is 10.6 Å². The summed E-state index contributed by atoms with van der Waals surface area (Å²) in [6.07, 6.45) is 4.28. The van der Waals surface area contributed by atoms with Gasteiger partial charge >= 0.3 is 11.8 Å². The third kappa shape index (κ3) is 3.67. The van der Waals surface area contributed by atoms with Crippen LogP contribution < -0.4 is 15.4 Å². The molecule has 1 aliphatic heterocycles. The molecule has 2 amide bonds. The minimum Gasteiger partial charge on any atom is -0.496 e. The van der Waals surface area contributed by atoms with Crippen LogP contribution in [0.25, 0.3) is 17.4 Å². The molecule has 9 nitrogen and oxygen atoms in total. The van der Waals surface area contributed by atoms with Crippen molar-refractivity contribution in [3.8, 4) is 17.1 Å². The first kappa shape index (κ1) is 19.4. The van der Waals surface area contributed by atoms with Gasteiger partial charge in [0.1, 0.15) is 5.75 Å². The Labute approximate surface area is 171 Å². The van der Waals surface area contributed by atoms with Crippen molar-refractivity contribution < 1.29 is 27.2 Å². The van der Waals surface area contributed by atoms with Crippen molar-refractivity contribution in [1.29, 1.82) is 0 Å². The Bertz CT molecular complexity index is 1280. The molecule has 1 aliphatic rings. The van der Waals surface area contributed by atoms with E-state index in [9.17, 15) is 18.0 Å². The van der Waals surface area contributed by atoms with E-state index in [4.69, 9.17) is 9.15 Å². The topological polar surface area (TPSA) is 128 Å². The first-order valence-corrected chi connectivity index (χ1v) is 10.2. The summed E-state index contributed by atoms with van der Waals surface area (Å²) in [6, 6.07) is 9.16. The van der Waals surface area contributed by atoms with Gasteiger partial charge in [0, 0.05) is 22.8 Å². The zero-order valence-electron chi connectivity index (χ0n) is 15.6. The molecule has 0 atom stereocenters. The molecule has 2 aromatic carbocycles.